The van der Waals surface area contributed by atoms with Crippen LogP contribution in [-0.2, 0) is 6.54 Å². The van der Waals surface area contributed by atoms with Crippen LogP contribution in [0.2, 0.25) is 0 Å². The number of hydrogen-bond acceptors (Lipinski definition) is 4. The Kier molecular flexibility index (Phi) is 4.55. The average molecular weight is 264 g/mol. The molecule has 0 fully saturated rings. The van der Waals surface area contributed by atoms with Crippen molar-refractivity contribution in [1.29, 1.82) is 0 Å². The molecule has 0 bridgehead atoms. The lowest BCUT2D eigenvalue weighted by atomic mass is 10.2. The fourth-order valence-corrected chi connectivity index (χ4v) is 2.72. The number of nitrogens with zero attached hydrogens (tertiary/aromatic N) is 1. The van der Waals surface area contributed by atoms with E-state index in [2.05, 4.69) is 30.2 Å². The maximum atomic E-state index is 5.50. The van der Waals surface area contributed by atoms with Crippen molar-refractivity contribution >= 4 is 21.6 Å². The predicted molar refractivity (Wildman–Crippen MR) is 77.3 cm³/mol. The summed E-state index contributed by atoms with van der Waals surface area (Å²) in [6, 6.07) is 6.09. The second-order valence-corrected chi connectivity index (χ2v) is 5.81. The Hall–Kier alpha value is -1.13. The molecule has 1 N–H and O–H groups in total. The van der Waals surface area contributed by atoms with Crippen LogP contribution in [0.5, 0.6) is 5.75 Å². The minimum atomic E-state index is 0.670. The standard InChI is InChI=1S/C14H20N2OS/c1-4-17-11-5-6-12-13(7-11)18-14(16-12)9-15-8-10(2)3/h5-7,10,15H,4,8-9H2,1-3H3. The van der Waals surface area contributed by atoms with Crippen LogP contribution in [0.15, 0.2) is 18.2 Å². The van der Waals surface area contributed by atoms with E-state index in [4.69, 9.17) is 4.74 Å². The third-order valence-electron chi connectivity index (χ3n) is 2.54. The van der Waals surface area contributed by atoms with Gasteiger partial charge in [-0.1, -0.05) is 13.8 Å². The molecule has 2 aromatic rings. The Morgan fingerprint density at radius 1 is 1.39 bits per heavy atom. The van der Waals surface area contributed by atoms with Gasteiger partial charge in [-0.15, -0.1) is 11.3 Å². The quantitative estimate of drug-likeness (QED) is 0.868. The van der Waals surface area contributed by atoms with Gasteiger partial charge in [0.15, 0.2) is 0 Å². The highest BCUT2D eigenvalue weighted by Crippen LogP contribution is 2.26. The van der Waals surface area contributed by atoms with Gasteiger partial charge >= 0.3 is 0 Å². The fourth-order valence-electron chi connectivity index (χ4n) is 1.75. The van der Waals surface area contributed by atoms with Crippen molar-refractivity contribution in [1.82, 2.24) is 10.3 Å². The van der Waals surface area contributed by atoms with E-state index in [0.29, 0.717) is 12.5 Å². The maximum absolute atomic E-state index is 5.50. The molecule has 0 aliphatic heterocycles. The summed E-state index contributed by atoms with van der Waals surface area (Å²) in [4.78, 5) is 4.61. The van der Waals surface area contributed by atoms with E-state index < -0.39 is 0 Å². The third kappa shape index (κ3) is 3.43. The molecule has 0 radical (unpaired) electrons. The summed E-state index contributed by atoms with van der Waals surface area (Å²) >= 11 is 1.74. The molecule has 1 aromatic heterocycles. The van der Waals surface area contributed by atoms with Gasteiger partial charge in [-0.3, -0.25) is 0 Å². The van der Waals surface area contributed by atoms with Crippen molar-refractivity contribution in [2.24, 2.45) is 5.92 Å². The molecule has 0 spiro atoms. The largest absolute Gasteiger partial charge is 0.494 e. The van der Waals surface area contributed by atoms with Crippen molar-refractivity contribution < 1.29 is 4.74 Å². The molecule has 98 valence electrons. The highest BCUT2D eigenvalue weighted by atomic mass is 32.1. The first kappa shape index (κ1) is 13.3. The average Bonchev–Trinajstić information content (AvgIpc) is 2.71. The zero-order valence-electron chi connectivity index (χ0n) is 11.2. The fraction of sp³-hybridized carbons (Fsp3) is 0.500. The van der Waals surface area contributed by atoms with Gasteiger partial charge < -0.3 is 10.1 Å². The molecule has 0 atom stereocenters. The van der Waals surface area contributed by atoms with Crippen molar-refractivity contribution in [3.63, 3.8) is 0 Å². The first-order valence-electron chi connectivity index (χ1n) is 6.42. The van der Waals surface area contributed by atoms with Crippen molar-refractivity contribution in [3.8, 4) is 5.75 Å². The van der Waals surface area contributed by atoms with Crippen molar-refractivity contribution in [2.75, 3.05) is 13.2 Å². The number of hydrogen-bond donors (Lipinski definition) is 1. The zero-order chi connectivity index (χ0) is 13.0. The molecule has 0 saturated carbocycles. The van der Waals surface area contributed by atoms with E-state index in [-0.39, 0.29) is 0 Å². The summed E-state index contributed by atoms with van der Waals surface area (Å²) in [6.45, 7) is 8.99. The van der Waals surface area contributed by atoms with Gasteiger partial charge in [0.25, 0.3) is 0 Å². The van der Waals surface area contributed by atoms with Crippen molar-refractivity contribution in [2.45, 2.75) is 27.3 Å². The Balaban J connectivity index is 2.07. The van der Waals surface area contributed by atoms with E-state index in [1.165, 1.54) is 4.70 Å². The van der Waals surface area contributed by atoms with E-state index >= 15 is 0 Å². The molecule has 3 nitrogen and oxygen atoms in total. The van der Waals surface area contributed by atoms with Gasteiger partial charge in [0, 0.05) is 6.54 Å². The van der Waals surface area contributed by atoms with Gasteiger partial charge in [-0.05, 0) is 37.6 Å². The Morgan fingerprint density at radius 3 is 2.94 bits per heavy atom. The molecular weight excluding hydrogens is 244 g/mol. The van der Waals surface area contributed by atoms with E-state index in [0.717, 1.165) is 29.4 Å². The van der Waals surface area contributed by atoms with E-state index in [1.807, 2.05) is 19.1 Å². The molecule has 2 rings (SSSR count). The number of rotatable bonds is 6. The summed E-state index contributed by atoms with van der Waals surface area (Å²) in [5.74, 6) is 1.60. The van der Waals surface area contributed by atoms with Gasteiger partial charge in [-0.2, -0.15) is 0 Å². The Morgan fingerprint density at radius 2 is 2.22 bits per heavy atom. The van der Waals surface area contributed by atoms with Crippen LogP contribution in [0, 0.1) is 5.92 Å². The molecule has 0 unspecified atom stereocenters. The van der Waals surface area contributed by atoms with Crippen LogP contribution >= 0.6 is 11.3 Å². The number of ether oxygens (including phenoxy) is 1. The van der Waals surface area contributed by atoms with Crippen LogP contribution < -0.4 is 10.1 Å². The highest BCUT2D eigenvalue weighted by molar-refractivity contribution is 7.18. The minimum Gasteiger partial charge on any atom is -0.494 e. The number of nitrogens with one attached hydrogen (secondary N) is 1. The SMILES string of the molecule is CCOc1ccc2nc(CNCC(C)C)sc2c1. The molecule has 0 aliphatic rings. The summed E-state index contributed by atoms with van der Waals surface area (Å²) < 4.78 is 6.70. The number of aromatic nitrogens is 1. The second kappa shape index (κ2) is 6.16. The van der Waals surface area contributed by atoms with Crippen molar-refractivity contribution in [3.05, 3.63) is 23.2 Å². The highest BCUT2D eigenvalue weighted by Gasteiger charge is 2.05. The number of fused-ring (bicyclic) bond motifs is 1. The molecule has 0 aliphatic carbocycles. The lowest BCUT2D eigenvalue weighted by Crippen LogP contribution is -2.18. The zero-order valence-corrected chi connectivity index (χ0v) is 12.0. The van der Waals surface area contributed by atoms with Crippen LogP contribution in [0.1, 0.15) is 25.8 Å². The summed E-state index contributed by atoms with van der Waals surface area (Å²) in [6.07, 6.45) is 0. The first-order valence-corrected chi connectivity index (χ1v) is 7.23. The number of benzene rings is 1. The lowest BCUT2D eigenvalue weighted by molar-refractivity contribution is 0.341. The predicted octanol–water partition coefficient (Wildman–Crippen LogP) is 3.44. The van der Waals surface area contributed by atoms with Crippen LogP contribution in [0.4, 0.5) is 0 Å². The Bertz CT molecular complexity index is 507. The van der Waals surface area contributed by atoms with Gasteiger partial charge in [0.1, 0.15) is 10.8 Å². The molecular formula is C14H20N2OS. The monoisotopic (exact) mass is 264 g/mol. The lowest BCUT2D eigenvalue weighted by Gasteiger charge is -2.04. The topological polar surface area (TPSA) is 34.1 Å². The summed E-state index contributed by atoms with van der Waals surface area (Å²) in [7, 11) is 0. The molecule has 18 heavy (non-hydrogen) atoms. The van der Waals surface area contributed by atoms with Gasteiger partial charge in [0.2, 0.25) is 0 Å². The number of thiazole rings is 1. The summed E-state index contributed by atoms with van der Waals surface area (Å²) in [5, 5.41) is 4.56. The Labute approximate surface area is 112 Å². The maximum Gasteiger partial charge on any atom is 0.120 e. The molecule has 0 saturated heterocycles. The van der Waals surface area contributed by atoms with Crippen LogP contribution in [0.25, 0.3) is 10.2 Å². The minimum absolute atomic E-state index is 0.670. The molecule has 0 amide bonds. The summed E-state index contributed by atoms with van der Waals surface area (Å²) in [5.41, 5.74) is 1.06. The third-order valence-corrected chi connectivity index (χ3v) is 3.56. The smallest absolute Gasteiger partial charge is 0.120 e. The van der Waals surface area contributed by atoms with E-state index in [9.17, 15) is 0 Å². The van der Waals surface area contributed by atoms with Crippen LogP contribution in [0.3, 0.4) is 0 Å². The van der Waals surface area contributed by atoms with E-state index in [1.54, 1.807) is 11.3 Å². The molecule has 4 heteroatoms. The van der Waals surface area contributed by atoms with Crippen LogP contribution in [-0.4, -0.2) is 18.1 Å². The molecule has 1 heterocycles. The second-order valence-electron chi connectivity index (χ2n) is 4.69. The van der Waals surface area contributed by atoms with Gasteiger partial charge in [-0.25, -0.2) is 4.98 Å². The van der Waals surface area contributed by atoms with Gasteiger partial charge in [0.05, 0.1) is 16.8 Å². The normalized spacial score (nSPS) is 11.3. The molecule has 1 aromatic carbocycles. The first-order chi connectivity index (χ1) is 8.69.